The summed E-state index contributed by atoms with van der Waals surface area (Å²) in [6, 6.07) is 0. The number of carbonyl (C=O) groups excluding carboxylic acids is 2. The zero-order valence-corrected chi connectivity index (χ0v) is 16.5. The van der Waals surface area contributed by atoms with Crippen molar-refractivity contribution in [3.8, 4) is 0 Å². The molecule has 14 nitrogen and oxygen atoms in total. The van der Waals surface area contributed by atoms with Gasteiger partial charge in [0.25, 0.3) is 0 Å². The number of rotatable bonds is 10. The van der Waals surface area contributed by atoms with Crippen LogP contribution in [0.2, 0.25) is 0 Å². The first kappa shape index (κ1) is 29.1. The smallest absolute Gasteiger partial charge is 0.550 e. The van der Waals surface area contributed by atoms with E-state index in [4.69, 9.17) is 30.6 Å². The molecule has 15 heteroatoms. The molecule has 0 amide bonds. The van der Waals surface area contributed by atoms with Crippen molar-refractivity contribution in [1.29, 1.82) is 0 Å². The Hall–Kier alpha value is -2.64. The fourth-order valence-electron chi connectivity index (χ4n) is 1.41. The molecule has 0 unspecified atom stereocenters. The first-order chi connectivity index (χ1) is 11.6. The summed E-state index contributed by atoms with van der Waals surface area (Å²) >= 11 is 0. The minimum atomic E-state index is -2.86. The number of aliphatic carboxylic acids is 6. The van der Waals surface area contributed by atoms with Gasteiger partial charge in [-0.05, 0) is 0 Å². The van der Waals surface area contributed by atoms with Gasteiger partial charge in [-0.3, -0.25) is 9.59 Å². The van der Waals surface area contributed by atoms with Crippen LogP contribution < -0.4 is 10.2 Å². The van der Waals surface area contributed by atoms with Gasteiger partial charge in [0.1, 0.15) is 0 Å². The molecule has 0 aliphatic heterocycles. The van der Waals surface area contributed by atoms with Crippen LogP contribution in [0.3, 0.4) is 0 Å². The molecule has 6 N–H and O–H groups in total. The minimum Gasteiger partial charge on any atom is -0.550 e. The van der Waals surface area contributed by atoms with E-state index < -0.39 is 72.7 Å². The van der Waals surface area contributed by atoms with Crippen molar-refractivity contribution >= 4 is 35.8 Å². The third-order valence-electron chi connectivity index (χ3n) is 2.56. The van der Waals surface area contributed by atoms with Crippen LogP contribution >= 0.6 is 0 Å². The van der Waals surface area contributed by atoms with Crippen LogP contribution in [0.15, 0.2) is 0 Å². The molecule has 0 radical (unpaired) electrons. The summed E-state index contributed by atoms with van der Waals surface area (Å²) in [6.07, 6.45) is -4.88. The number of aliphatic hydroxyl groups is 2. The van der Waals surface area contributed by atoms with Gasteiger partial charge >= 0.3 is 43.4 Å². The van der Waals surface area contributed by atoms with Gasteiger partial charge in [-0.2, -0.15) is 0 Å². The van der Waals surface area contributed by atoms with Crippen molar-refractivity contribution in [2.24, 2.45) is 0 Å². The Morgan fingerprint density at radius 3 is 0.963 bits per heavy atom. The first-order valence-corrected chi connectivity index (χ1v) is 6.30. The Balaban J connectivity index is -0.000000411. The topological polar surface area (TPSA) is 270 Å². The number of carboxylic acid groups (broad SMARTS) is 6. The van der Waals surface area contributed by atoms with Gasteiger partial charge in [-0.1, -0.05) is 0 Å². The van der Waals surface area contributed by atoms with E-state index in [1.54, 1.807) is 0 Å². The molecule has 0 rings (SSSR count). The molecular formula is C12H14O14Zn. The zero-order valence-electron chi connectivity index (χ0n) is 13.5. The number of carboxylic acids is 6. The Bertz CT molecular complexity index is 513. The average molecular weight is 448 g/mol. The molecule has 0 saturated carbocycles. The molecule has 0 aliphatic carbocycles. The van der Waals surface area contributed by atoms with Gasteiger partial charge in [-0.25, -0.2) is 9.59 Å². The molecule has 0 bridgehead atoms. The Morgan fingerprint density at radius 1 is 0.593 bits per heavy atom. The van der Waals surface area contributed by atoms with E-state index in [2.05, 4.69) is 0 Å². The van der Waals surface area contributed by atoms with E-state index in [9.17, 15) is 39.0 Å². The second-order valence-electron chi connectivity index (χ2n) is 4.91. The molecule has 0 saturated heterocycles. The fraction of sp³-hybridized carbons (Fsp3) is 0.500. The molecule has 0 atom stereocenters. The van der Waals surface area contributed by atoms with Crippen molar-refractivity contribution < 1.29 is 89.1 Å². The van der Waals surface area contributed by atoms with Crippen LogP contribution in [0.4, 0.5) is 0 Å². The molecule has 0 fully saturated rings. The quantitative estimate of drug-likeness (QED) is 0.171. The summed E-state index contributed by atoms with van der Waals surface area (Å²) in [5.74, 6) is -10.7. The molecule has 0 aromatic carbocycles. The van der Waals surface area contributed by atoms with Crippen molar-refractivity contribution in [3.63, 3.8) is 0 Å². The molecule has 0 aliphatic rings. The maximum absolute atomic E-state index is 10.3. The summed E-state index contributed by atoms with van der Waals surface area (Å²) in [4.78, 5) is 60.7. The second kappa shape index (κ2) is 11.9. The van der Waals surface area contributed by atoms with Crippen molar-refractivity contribution in [3.05, 3.63) is 0 Å². The van der Waals surface area contributed by atoms with Gasteiger partial charge in [0.05, 0.1) is 12.8 Å². The maximum atomic E-state index is 10.3. The molecule has 0 spiro atoms. The SMILES string of the molecule is O=C(O)CC(O)(CC(=O)O)C(=O)O.O=C([O-])CC(O)(CC(=O)[O-])C(=O)O.[Zn+2]. The van der Waals surface area contributed by atoms with Gasteiger partial charge in [0, 0.05) is 24.8 Å². The summed E-state index contributed by atoms with van der Waals surface area (Å²) < 4.78 is 0. The van der Waals surface area contributed by atoms with Crippen LogP contribution in [0.5, 0.6) is 0 Å². The Morgan fingerprint density at radius 2 is 0.815 bits per heavy atom. The number of hydrogen-bond donors (Lipinski definition) is 6. The normalized spacial score (nSPS) is 10.4. The van der Waals surface area contributed by atoms with Crippen LogP contribution in [-0.2, 0) is 48.2 Å². The van der Waals surface area contributed by atoms with Gasteiger partial charge in [0.15, 0.2) is 11.2 Å². The van der Waals surface area contributed by atoms with Crippen LogP contribution in [-0.4, -0.2) is 77.7 Å². The molecular weight excluding hydrogens is 434 g/mol. The standard InChI is InChI=1S/2C6H8O7.Zn/c2*7-3(8)1-6(13,5(11)12)2-4(9)10;/h2*13H,1-2H2,(H,7,8)(H,9,10)(H,11,12);/q;;+2/p-2. The Kier molecular flexibility index (Phi) is 12.8. The summed E-state index contributed by atoms with van der Waals surface area (Å²) in [7, 11) is 0. The van der Waals surface area contributed by atoms with E-state index in [0.29, 0.717) is 0 Å². The average Bonchev–Trinajstić information content (AvgIpc) is 2.34. The molecule has 148 valence electrons. The molecule has 27 heavy (non-hydrogen) atoms. The largest absolute Gasteiger partial charge is 2.00 e. The van der Waals surface area contributed by atoms with E-state index >= 15 is 0 Å². The third kappa shape index (κ3) is 12.4. The molecule has 0 aromatic rings. The van der Waals surface area contributed by atoms with Crippen LogP contribution in [0.25, 0.3) is 0 Å². The maximum Gasteiger partial charge on any atom is 2.00 e. The Labute approximate surface area is 162 Å². The third-order valence-corrected chi connectivity index (χ3v) is 2.56. The first-order valence-electron chi connectivity index (χ1n) is 6.30. The zero-order chi connectivity index (χ0) is 21.3. The predicted molar refractivity (Wildman–Crippen MR) is 68.9 cm³/mol. The van der Waals surface area contributed by atoms with Gasteiger partial charge < -0.3 is 50.4 Å². The summed E-state index contributed by atoms with van der Waals surface area (Å²) in [5.41, 5.74) is -5.60. The summed E-state index contributed by atoms with van der Waals surface area (Å²) in [5, 5.41) is 71.0. The van der Waals surface area contributed by atoms with Crippen molar-refractivity contribution in [1.82, 2.24) is 0 Å². The van der Waals surface area contributed by atoms with E-state index in [-0.39, 0.29) is 19.5 Å². The minimum absolute atomic E-state index is 0. The number of carbonyl (C=O) groups is 6. The van der Waals surface area contributed by atoms with Crippen LogP contribution in [0, 0.1) is 0 Å². The van der Waals surface area contributed by atoms with E-state index in [0.717, 1.165) is 0 Å². The van der Waals surface area contributed by atoms with Crippen LogP contribution in [0.1, 0.15) is 25.7 Å². The van der Waals surface area contributed by atoms with Gasteiger partial charge in [0.2, 0.25) is 0 Å². The predicted octanol–water partition coefficient (Wildman–Crippen LogP) is -5.17. The van der Waals surface area contributed by atoms with Crippen molar-refractivity contribution in [2.45, 2.75) is 36.9 Å². The summed E-state index contributed by atoms with van der Waals surface area (Å²) in [6.45, 7) is 0. The van der Waals surface area contributed by atoms with E-state index in [1.807, 2.05) is 0 Å². The fourth-order valence-corrected chi connectivity index (χ4v) is 1.41. The van der Waals surface area contributed by atoms with Crippen molar-refractivity contribution in [2.75, 3.05) is 0 Å². The van der Waals surface area contributed by atoms with Gasteiger partial charge in [-0.15, -0.1) is 0 Å². The second-order valence-corrected chi connectivity index (χ2v) is 4.91. The van der Waals surface area contributed by atoms with E-state index in [1.165, 1.54) is 0 Å². The number of hydrogen-bond acceptors (Lipinski definition) is 10. The monoisotopic (exact) mass is 446 g/mol. The molecule has 0 heterocycles. The molecule has 0 aromatic heterocycles.